The van der Waals surface area contributed by atoms with Crippen LogP contribution in [-0.4, -0.2) is 56.6 Å². The van der Waals surface area contributed by atoms with Gasteiger partial charge in [0.1, 0.15) is 6.10 Å². The van der Waals surface area contributed by atoms with Crippen LogP contribution in [0.25, 0.3) is 11.1 Å². The van der Waals surface area contributed by atoms with Crippen molar-refractivity contribution in [1.29, 1.82) is 0 Å². The Morgan fingerprint density at radius 3 is 2.04 bits per heavy atom. The van der Waals surface area contributed by atoms with Gasteiger partial charge in [-0.3, -0.25) is 4.90 Å². The van der Waals surface area contributed by atoms with Crippen molar-refractivity contribution in [3.05, 3.63) is 64.6 Å². The van der Waals surface area contributed by atoms with Crippen molar-refractivity contribution < 1.29 is 58.9 Å². The minimum atomic E-state index is -5.13. The summed E-state index contributed by atoms with van der Waals surface area (Å²) in [5, 5.41) is 10.4. The molecule has 3 aromatic rings. The molecule has 1 aliphatic rings. The van der Waals surface area contributed by atoms with Gasteiger partial charge in [0.2, 0.25) is 5.88 Å². The van der Waals surface area contributed by atoms with E-state index in [-0.39, 0.29) is 33.9 Å². The number of pyridine rings is 1. The molecule has 3 atom stereocenters. The topological polar surface area (TPSA) is 97.7 Å². The van der Waals surface area contributed by atoms with Crippen LogP contribution in [0.15, 0.2) is 41.8 Å². The zero-order chi connectivity index (χ0) is 33.7. The number of hydrogen-bond acceptors (Lipinski definition) is 8. The van der Waals surface area contributed by atoms with E-state index in [0.717, 1.165) is 28.9 Å². The Balaban J connectivity index is 1.78. The minimum absolute atomic E-state index is 0.00252. The fraction of sp³-hybridized carbons (Fsp3) is 0.407. The van der Waals surface area contributed by atoms with E-state index in [2.05, 4.69) is 15.0 Å². The number of rotatable bonds is 7. The minimum Gasteiger partial charge on any atom is -0.481 e. The quantitative estimate of drug-likeness (QED) is 0.161. The van der Waals surface area contributed by atoms with Gasteiger partial charge in [-0.15, -0.1) is 0 Å². The van der Waals surface area contributed by atoms with Gasteiger partial charge in [0.05, 0.1) is 36.5 Å². The van der Waals surface area contributed by atoms with E-state index < -0.39 is 71.2 Å². The second-order valence-electron chi connectivity index (χ2n) is 10.1. The van der Waals surface area contributed by atoms with Crippen molar-refractivity contribution >= 4 is 17.9 Å². The lowest BCUT2D eigenvalue weighted by molar-refractivity contribution is -0.259. The molecule has 45 heavy (non-hydrogen) atoms. The van der Waals surface area contributed by atoms with E-state index in [9.17, 15) is 49.4 Å². The first kappa shape index (κ1) is 34.1. The third-order valence-electron chi connectivity index (χ3n) is 7.13. The van der Waals surface area contributed by atoms with Crippen LogP contribution >= 0.6 is 11.8 Å². The average Bonchev–Trinajstić information content (AvgIpc) is 3.23. The lowest BCUT2D eigenvalue weighted by Crippen LogP contribution is -2.39. The molecule has 1 N–H and O–H groups in total. The van der Waals surface area contributed by atoms with Crippen molar-refractivity contribution in [3.63, 3.8) is 0 Å². The maximum atomic E-state index is 13.6. The van der Waals surface area contributed by atoms with Crippen molar-refractivity contribution in [2.45, 2.75) is 61.8 Å². The highest BCUT2D eigenvalue weighted by Gasteiger charge is 2.52. The Hall–Kier alpha value is -3.80. The molecule has 244 valence electrons. The molecular weight excluding hydrogens is 647 g/mol. The molecule has 2 aromatic heterocycles. The molecular formula is C27H23F9N4O4S. The summed E-state index contributed by atoms with van der Waals surface area (Å²) in [4.78, 5) is 26.3. The van der Waals surface area contributed by atoms with Gasteiger partial charge in [0.25, 0.3) is 0 Å². The van der Waals surface area contributed by atoms with Gasteiger partial charge < -0.3 is 14.6 Å². The van der Waals surface area contributed by atoms with Crippen LogP contribution in [0, 0.1) is 0 Å². The molecule has 1 amide bonds. The molecule has 0 spiro atoms. The summed E-state index contributed by atoms with van der Waals surface area (Å²) < 4.78 is 132. The second kappa shape index (κ2) is 11.9. The Labute approximate surface area is 253 Å². The summed E-state index contributed by atoms with van der Waals surface area (Å²) in [5.74, 6) is -0.197. The number of benzene rings is 1. The highest BCUT2D eigenvalue weighted by Crippen LogP contribution is 2.43. The zero-order valence-electron chi connectivity index (χ0n) is 23.6. The average molecular weight is 671 g/mol. The lowest BCUT2D eigenvalue weighted by Gasteiger charge is -2.27. The molecule has 4 rings (SSSR count). The van der Waals surface area contributed by atoms with Crippen molar-refractivity contribution in [2.75, 3.05) is 13.4 Å². The first-order chi connectivity index (χ1) is 20.7. The van der Waals surface area contributed by atoms with Gasteiger partial charge in [-0.25, -0.2) is 19.7 Å². The van der Waals surface area contributed by atoms with Crippen LogP contribution < -0.4 is 4.74 Å². The molecule has 1 saturated heterocycles. The molecule has 0 unspecified atom stereocenters. The number of nitrogens with zero attached hydrogens (tertiary/aromatic N) is 4. The number of hydrogen-bond donors (Lipinski definition) is 1. The molecule has 1 aliphatic heterocycles. The Morgan fingerprint density at radius 2 is 1.53 bits per heavy atom. The van der Waals surface area contributed by atoms with Crippen molar-refractivity contribution in [1.82, 2.24) is 19.9 Å². The summed E-state index contributed by atoms with van der Waals surface area (Å²) >= 11 is 1.07. The third kappa shape index (κ3) is 6.75. The molecule has 8 nitrogen and oxygen atoms in total. The van der Waals surface area contributed by atoms with Crippen molar-refractivity contribution in [3.8, 4) is 17.0 Å². The Bertz CT molecular complexity index is 1560. The number of carbonyl (C=O) groups excluding carboxylic acids is 1. The normalized spacial score (nSPS) is 19.0. The summed E-state index contributed by atoms with van der Waals surface area (Å²) in [6.07, 6.45) is -14.4. The van der Waals surface area contributed by atoms with E-state index >= 15 is 0 Å². The molecule has 0 aliphatic carbocycles. The summed E-state index contributed by atoms with van der Waals surface area (Å²) in [5.41, 5.74) is -7.82. The highest BCUT2D eigenvalue weighted by atomic mass is 32.2. The number of thioether (sulfide) groups is 1. The van der Waals surface area contributed by atoms with E-state index in [1.54, 1.807) is 6.26 Å². The first-order valence-electron chi connectivity index (χ1n) is 12.7. The molecule has 0 radical (unpaired) electrons. The van der Waals surface area contributed by atoms with Crippen LogP contribution in [0.4, 0.5) is 44.3 Å². The van der Waals surface area contributed by atoms with E-state index in [0.29, 0.717) is 19.1 Å². The predicted molar refractivity (Wildman–Crippen MR) is 140 cm³/mol. The monoisotopic (exact) mass is 670 g/mol. The highest BCUT2D eigenvalue weighted by molar-refractivity contribution is 7.98. The fourth-order valence-electron chi connectivity index (χ4n) is 4.54. The maximum Gasteiger partial charge on any atom is 0.421 e. The number of amides is 1. The van der Waals surface area contributed by atoms with Gasteiger partial charge in [0.15, 0.2) is 10.8 Å². The number of halogens is 9. The van der Waals surface area contributed by atoms with E-state index in [1.165, 1.54) is 20.2 Å². The number of aromatic nitrogens is 3. The number of alkyl halides is 9. The standard InChI is InChI=1S/C27H23F9N4O4S/c1-12-20(13-5-14(25(28,29)30)7-15(6-13)26(31,32)33)44-23(41)40(12)11-19-18(10-38-22(39-19)45-4)17-8-16(9-37-21(17)43-3)24(2,42)27(34,35)36/h5-10,12,20,42H,11H2,1-4H3/t12-,20-,24-/m0/s1. The Kier molecular flexibility index (Phi) is 8.97. The largest absolute Gasteiger partial charge is 0.481 e. The van der Waals surface area contributed by atoms with Gasteiger partial charge in [0, 0.05) is 29.1 Å². The van der Waals surface area contributed by atoms with Gasteiger partial charge in [-0.2, -0.15) is 39.5 Å². The van der Waals surface area contributed by atoms with Crippen LogP contribution in [0.5, 0.6) is 5.88 Å². The molecule has 0 saturated carbocycles. The maximum absolute atomic E-state index is 13.6. The number of cyclic esters (lactones) is 1. The number of carbonyl (C=O) groups is 1. The SMILES string of the molecule is COc1ncc([C@](C)(O)C(F)(F)F)cc1-c1cnc(SC)nc1CN1C(=O)O[C@H](c2cc(C(F)(F)F)cc(C(F)(F)F)c2)[C@@H]1C. The molecule has 18 heteroatoms. The molecule has 0 bridgehead atoms. The lowest BCUT2D eigenvalue weighted by atomic mass is 9.94. The van der Waals surface area contributed by atoms with Gasteiger partial charge in [-0.1, -0.05) is 11.8 Å². The van der Waals surface area contributed by atoms with Crippen LogP contribution in [0.1, 0.15) is 47.9 Å². The van der Waals surface area contributed by atoms with Crippen molar-refractivity contribution in [2.24, 2.45) is 0 Å². The summed E-state index contributed by atoms with van der Waals surface area (Å²) in [6.45, 7) is 1.40. The third-order valence-corrected chi connectivity index (χ3v) is 7.69. The first-order valence-corrected chi connectivity index (χ1v) is 13.9. The van der Waals surface area contributed by atoms with Crippen LogP contribution in [0.3, 0.4) is 0 Å². The molecule has 3 heterocycles. The smallest absolute Gasteiger partial charge is 0.421 e. The second-order valence-corrected chi connectivity index (χ2v) is 10.9. The zero-order valence-corrected chi connectivity index (χ0v) is 24.4. The predicted octanol–water partition coefficient (Wildman–Crippen LogP) is 7.16. The van der Waals surface area contributed by atoms with Crippen LogP contribution in [0.2, 0.25) is 0 Å². The Morgan fingerprint density at radius 1 is 0.933 bits per heavy atom. The number of ether oxygens (including phenoxy) is 2. The van der Waals surface area contributed by atoms with Gasteiger partial charge in [-0.05, 0) is 49.9 Å². The fourth-order valence-corrected chi connectivity index (χ4v) is 4.90. The summed E-state index contributed by atoms with van der Waals surface area (Å²) in [7, 11) is 1.18. The molecule has 1 fully saturated rings. The molecule has 1 aromatic carbocycles. The van der Waals surface area contributed by atoms with E-state index in [1.807, 2.05) is 0 Å². The van der Waals surface area contributed by atoms with Gasteiger partial charge >= 0.3 is 24.6 Å². The number of methoxy groups -OCH3 is 1. The number of aliphatic hydroxyl groups is 1. The van der Waals surface area contributed by atoms with Crippen LogP contribution in [-0.2, 0) is 29.2 Å². The summed E-state index contributed by atoms with van der Waals surface area (Å²) in [6, 6.07) is 0.689. The van der Waals surface area contributed by atoms with E-state index in [4.69, 9.17) is 9.47 Å².